The van der Waals surface area contributed by atoms with Crippen LogP contribution in [0.5, 0.6) is 5.75 Å². The normalized spacial score (nSPS) is 19.1. The van der Waals surface area contributed by atoms with E-state index < -0.39 is 0 Å². The number of halogens is 2. The molecule has 0 amide bonds. The first-order valence-corrected chi connectivity index (χ1v) is 11.5. The van der Waals surface area contributed by atoms with E-state index in [4.69, 9.17) is 0 Å². The molecule has 3 N–H and O–H groups in total. The summed E-state index contributed by atoms with van der Waals surface area (Å²) < 4.78 is 0. The fraction of sp³-hybridized carbons (Fsp3) is 0.357. The molecule has 0 spiro atoms. The number of rotatable bonds is 5. The van der Waals surface area contributed by atoms with Gasteiger partial charge >= 0.3 is 0 Å². The third kappa shape index (κ3) is 6.97. The lowest BCUT2D eigenvalue weighted by Gasteiger charge is -2.35. The molecule has 1 atom stereocenters. The van der Waals surface area contributed by atoms with Gasteiger partial charge in [0.25, 0.3) is 0 Å². The molecule has 0 saturated carbocycles. The van der Waals surface area contributed by atoms with E-state index in [0.29, 0.717) is 5.75 Å². The van der Waals surface area contributed by atoms with Gasteiger partial charge in [-0.15, -0.1) is 0 Å². The summed E-state index contributed by atoms with van der Waals surface area (Å²) in [4.78, 5) is 3.25. The summed E-state index contributed by atoms with van der Waals surface area (Å²) in [7, 11) is 0. The Bertz CT molecular complexity index is 979. The molecule has 0 radical (unpaired) electrons. The lowest BCUT2D eigenvalue weighted by molar-refractivity contribution is -1.03. The Labute approximate surface area is 211 Å². The molecule has 178 valence electrons. The minimum atomic E-state index is 0. The Hall–Kier alpha value is -2.04. The van der Waals surface area contributed by atoms with Crippen molar-refractivity contribution in [2.45, 2.75) is 38.8 Å². The quantitative estimate of drug-likeness (QED) is 0.347. The van der Waals surface area contributed by atoms with Gasteiger partial charge in [-0.25, -0.2) is 0 Å². The highest BCUT2D eigenvalue weighted by atomic mass is 35.5. The number of nitrogens with one attached hydrogen (secondary N) is 2. The first-order valence-electron chi connectivity index (χ1n) is 11.5. The van der Waals surface area contributed by atoms with E-state index in [9.17, 15) is 5.11 Å². The Morgan fingerprint density at radius 3 is 1.97 bits per heavy atom. The molecular weight excluding hydrogens is 451 g/mol. The van der Waals surface area contributed by atoms with Crippen LogP contribution < -0.4 is 34.6 Å². The van der Waals surface area contributed by atoms with E-state index in [1.807, 2.05) is 12.1 Å². The third-order valence-electron chi connectivity index (χ3n) is 6.62. The number of hydrogen-bond donors (Lipinski definition) is 3. The standard InChI is InChI=1S/C28H34N2O.2ClH/c1-28(2,3)25-14-12-23(13-15-25)27(24-10-7-11-26(31)20-24)30-18-16-29(17-19-30)21-22-8-5-4-6-9-22;;/h4-15,20,27,31H,16-19,21H2,1-3H3;2*1H/t27-;;/m1../s1. The second-order valence-corrected chi connectivity index (χ2v) is 9.97. The minimum absolute atomic E-state index is 0. The van der Waals surface area contributed by atoms with Crippen LogP contribution in [0.25, 0.3) is 0 Å². The minimum Gasteiger partial charge on any atom is -1.00 e. The van der Waals surface area contributed by atoms with Gasteiger partial charge < -0.3 is 39.7 Å². The Balaban J connectivity index is 0.00000193. The second kappa shape index (κ2) is 11.9. The van der Waals surface area contributed by atoms with E-state index in [2.05, 4.69) is 81.4 Å². The van der Waals surface area contributed by atoms with Gasteiger partial charge in [0.2, 0.25) is 0 Å². The zero-order valence-corrected chi connectivity index (χ0v) is 21.3. The second-order valence-electron chi connectivity index (χ2n) is 9.97. The fourth-order valence-corrected chi connectivity index (χ4v) is 4.82. The average molecular weight is 488 g/mol. The summed E-state index contributed by atoms with van der Waals surface area (Å²) in [5.41, 5.74) is 5.46. The zero-order chi connectivity index (χ0) is 21.8. The monoisotopic (exact) mass is 486 g/mol. The molecule has 1 saturated heterocycles. The van der Waals surface area contributed by atoms with Gasteiger partial charge in [-0.3, -0.25) is 0 Å². The average Bonchev–Trinajstić information content (AvgIpc) is 2.76. The maximum absolute atomic E-state index is 10.2. The van der Waals surface area contributed by atoms with Gasteiger partial charge in [-0.05, 0) is 23.1 Å². The lowest BCUT2D eigenvalue weighted by Crippen LogP contribution is -3.27. The molecule has 3 nitrogen and oxygen atoms in total. The number of phenols is 1. The molecule has 1 fully saturated rings. The van der Waals surface area contributed by atoms with Crippen molar-refractivity contribution in [2.24, 2.45) is 0 Å². The SMILES string of the molecule is CC(C)(C)c1ccc([C@H](c2cccc(O)c2)[NH+]2CC[NH+](Cc3ccccc3)CC2)cc1.[Cl-].[Cl-]. The van der Waals surface area contributed by atoms with Gasteiger partial charge in [0.05, 0.1) is 0 Å². The van der Waals surface area contributed by atoms with Crippen LogP contribution in [0.3, 0.4) is 0 Å². The van der Waals surface area contributed by atoms with Gasteiger partial charge in [-0.2, -0.15) is 0 Å². The summed E-state index contributed by atoms with van der Waals surface area (Å²) in [6.45, 7) is 12.5. The number of piperazine rings is 1. The van der Waals surface area contributed by atoms with Crippen LogP contribution in [0.4, 0.5) is 0 Å². The fourth-order valence-electron chi connectivity index (χ4n) is 4.82. The van der Waals surface area contributed by atoms with Crippen LogP contribution >= 0.6 is 0 Å². The number of phenolic OH excluding ortho intramolecular Hbond substituents is 1. The van der Waals surface area contributed by atoms with Crippen molar-refractivity contribution in [2.75, 3.05) is 26.2 Å². The van der Waals surface area contributed by atoms with Crippen molar-refractivity contribution in [3.8, 4) is 5.75 Å². The van der Waals surface area contributed by atoms with Crippen LogP contribution in [0, 0.1) is 0 Å². The Kier molecular flexibility index (Phi) is 9.81. The Morgan fingerprint density at radius 2 is 1.39 bits per heavy atom. The van der Waals surface area contributed by atoms with Crippen LogP contribution in [0.1, 0.15) is 49.1 Å². The van der Waals surface area contributed by atoms with E-state index in [0.717, 1.165) is 19.6 Å². The van der Waals surface area contributed by atoms with E-state index in [-0.39, 0.29) is 36.3 Å². The summed E-state index contributed by atoms with van der Waals surface area (Å²) >= 11 is 0. The first-order chi connectivity index (χ1) is 14.9. The molecule has 1 aliphatic heterocycles. The van der Waals surface area contributed by atoms with E-state index in [1.54, 1.807) is 15.9 Å². The molecule has 0 unspecified atom stereocenters. The molecule has 3 aromatic rings. The van der Waals surface area contributed by atoms with Gasteiger partial charge in [0.15, 0.2) is 0 Å². The van der Waals surface area contributed by atoms with E-state index >= 15 is 0 Å². The molecule has 1 heterocycles. The number of aromatic hydroxyl groups is 1. The number of benzene rings is 3. The lowest BCUT2D eigenvalue weighted by atomic mass is 9.85. The third-order valence-corrected chi connectivity index (χ3v) is 6.62. The van der Waals surface area contributed by atoms with Crippen molar-refractivity contribution >= 4 is 0 Å². The molecule has 0 bridgehead atoms. The van der Waals surface area contributed by atoms with Gasteiger partial charge in [0, 0.05) is 16.7 Å². The zero-order valence-electron chi connectivity index (χ0n) is 19.8. The van der Waals surface area contributed by atoms with Crippen LogP contribution in [0.2, 0.25) is 0 Å². The number of hydrogen-bond acceptors (Lipinski definition) is 1. The van der Waals surface area contributed by atoms with Crippen LogP contribution in [-0.4, -0.2) is 31.3 Å². The predicted octanol–water partition coefficient (Wildman–Crippen LogP) is -3.23. The number of quaternary nitrogens is 2. The molecule has 0 aliphatic carbocycles. The van der Waals surface area contributed by atoms with Crippen molar-refractivity contribution in [3.05, 3.63) is 101 Å². The molecular formula is C28H36Cl2N2O. The first kappa shape index (κ1) is 27.2. The largest absolute Gasteiger partial charge is 1.00 e. The topological polar surface area (TPSA) is 29.1 Å². The van der Waals surface area contributed by atoms with Crippen molar-refractivity contribution in [1.29, 1.82) is 0 Å². The Morgan fingerprint density at radius 1 is 0.758 bits per heavy atom. The molecule has 33 heavy (non-hydrogen) atoms. The molecule has 4 rings (SSSR count). The smallest absolute Gasteiger partial charge is 0.139 e. The highest BCUT2D eigenvalue weighted by molar-refractivity contribution is 5.36. The van der Waals surface area contributed by atoms with Gasteiger partial charge in [0.1, 0.15) is 44.5 Å². The predicted molar refractivity (Wildman–Crippen MR) is 127 cm³/mol. The summed E-state index contributed by atoms with van der Waals surface area (Å²) in [5.74, 6) is 0.349. The van der Waals surface area contributed by atoms with Crippen LogP contribution in [0.15, 0.2) is 78.9 Å². The summed E-state index contributed by atoms with van der Waals surface area (Å²) in [5, 5.41) is 10.2. The van der Waals surface area contributed by atoms with Crippen LogP contribution in [-0.2, 0) is 12.0 Å². The molecule has 0 aromatic heterocycles. The van der Waals surface area contributed by atoms with E-state index in [1.165, 1.54) is 35.3 Å². The van der Waals surface area contributed by atoms with Crippen molar-refractivity contribution in [1.82, 2.24) is 0 Å². The van der Waals surface area contributed by atoms with Gasteiger partial charge in [-0.1, -0.05) is 87.5 Å². The molecule has 1 aliphatic rings. The highest BCUT2D eigenvalue weighted by Crippen LogP contribution is 2.27. The molecule has 3 aromatic carbocycles. The molecule has 5 heteroatoms. The summed E-state index contributed by atoms with van der Waals surface area (Å²) in [6.07, 6.45) is 0. The maximum Gasteiger partial charge on any atom is 0.139 e. The highest BCUT2D eigenvalue weighted by Gasteiger charge is 2.32. The maximum atomic E-state index is 10.2. The van der Waals surface area contributed by atoms with Crippen molar-refractivity contribution in [3.63, 3.8) is 0 Å². The van der Waals surface area contributed by atoms with Crippen molar-refractivity contribution < 1.29 is 39.7 Å². The summed E-state index contributed by atoms with van der Waals surface area (Å²) in [6, 6.07) is 28.1.